The highest BCUT2D eigenvalue weighted by molar-refractivity contribution is 5.81. The number of aliphatic hydroxyl groups is 1. The maximum absolute atomic E-state index is 12.3. The molecule has 1 rings (SSSR count). The van der Waals surface area contributed by atoms with Gasteiger partial charge in [0.15, 0.2) is 0 Å². The van der Waals surface area contributed by atoms with E-state index in [-0.39, 0.29) is 12.5 Å². The largest absolute Gasteiger partial charge is 0.383 e. The fourth-order valence-corrected chi connectivity index (χ4v) is 2.22. The van der Waals surface area contributed by atoms with E-state index in [1.165, 1.54) is 0 Å². The van der Waals surface area contributed by atoms with Crippen LogP contribution in [0.25, 0.3) is 0 Å². The first kappa shape index (κ1) is 17.7. The number of aryl methyl sites for hydroxylation is 1. The Kier molecular flexibility index (Phi) is 5.96. The molecule has 0 aromatic carbocycles. The second-order valence-corrected chi connectivity index (χ2v) is 6.70. The average Bonchev–Trinajstić information content (AvgIpc) is 2.83. The lowest BCUT2D eigenvalue weighted by Gasteiger charge is -2.27. The molecule has 0 aliphatic heterocycles. The summed E-state index contributed by atoms with van der Waals surface area (Å²) in [7, 11) is 1.80. The van der Waals surface area contributed by atoms with Crippen LogP contribution in [0.1, 0.15) is 58.9 Å². The summed E-state index contributed by atoms with van der Waals surface area (Å²) in [6.45, 7) is 7.94. The predicted octanol–water partition coefficient (Wildman–Crippen LogP) is 2.35. The highest BCUT2D eigenvalue weighted by Gasteiger charge is 2.30. The van der Waals surface area contributed by atoms with Gasteiger partial charge >= 0.3 is 0 Å². The van der Waals surface area contributed by atoms with Crippen LogP contribution in [0.3, 0.4) is 0 Å². The summed E-state index contributed by atoms with van der Waals surface area (Å²) < 4.78 is 1.64. The van der Waals surface area contributed by atoms with Crippen LogP contribution >= 0.6 is 0 Å². The Morgan fingerprint density at radius 2 is 2.05 bits per heavy atom. The van der Waals surface area contributed by atoms with Crippen molar-refractivity contribution in [1.82, 2.24) is 15.1 Å². The van der Waals surface area contributed by atoms with Gasteiger partial charge < -0.3 is 10.4 Å². The minimum atomic E-state index is -1.11. The number of nitrogens with zero attached hydrogens (tertiary/aromatic N) is 2. The third-order valence-corrected chi connectivity index (χ3v) is 3.94. The first-order chi connectivity index (χ1) is 9.69. The van der Waals surface area contributed by atoms with Crippen LogP contribution in [-0.2, 0) is 17.4 Å². The first-order valence-corrected chi connectivity index (χ1v) is 7.69. The maximum Gasteiger partial charge on any atom is 0.225 e. The second-order valence-electron chi connectivity index (χ2n) is 6.70. The molecular formula is C16H29N3O2. The van der Waals surface area contributed by atoms with E-state index in [1.54, 1.807) is 31.0 Å². The topological polar surface area (TPSA) is 67.2 Å². The average molecular weight is 295 g/mol. The third-order valence-electron chi connectivity index (χ3n) is 3.94. The van der Waals surface area contributed by atoms with Gasteiger partial charge in [-0.2, -0.15) is 5.10 Å². The molecule has 120 valence electrons. The van der Waals surface area contributed by atoms with Gasteiger partial charge in [-0.1, -0.05) is 40.0 Å². The molecule has 0 bridgehead atoms. The van der Waals surface area contributed by atoms with Crippen molar-refractivity contribution in [2.45, 2.75) is 59.0 Å². The van der Waals surface area contributed by atoms with Crippen molar-refractivity contribution in [3.8, 4) is 0 Å². The summed E-state index contributed by atoms with van der Waals surface area (Å²) in [4.78, 5) is 12.3. The van der Waals surface area contributed by atoms with Crippen molar-refractivity contribution in [2.75, 3.05) is 6.54 Å². The third kappa shape index (κ3) is 5.16. The Morgan fingerprint density at radius 1 is 1.38 bits per heavy atom. The summed E-state index contributed by atoms with van der Waals surface area (Å²) in [5.41, 5.74) is -0.807. The van der Waals surface area contributed by atoms with E-state index in [0.717, 1.165) is 25.7 Å². The molecule has 1 heterocycles. The van der Waals surface area contributed by atoms with Crippen molar-refractivity contribution in [3.05, 3.63) is 18.0 Å². The standard InChI is InChI=1S/C16H29N3O2/c1-6-7-8-9-15(2,3)14(20)17-12-16(4,21)13-10-18-19(5)11-13/h10-11,21H,6-9,12H2,1-5H3,(H,17,20)/t16-/m0/s1. The van der Waals surface area contributed by atoms with Gasteiger partial charge in [-0.25, -0.2) is 0 Å². The van der Waals surface area contributed by atoms with E-state index < -0.39 is 11.0 Å². The van der Waals surface area contributed by atoms with Gasteiger partial charge in [0, 0.05) is 24.2 Å². The number of carbonyl (C=O) groups is 1. The summed E-state index contributed by atoms with van der Waals surface area (Å²) in [5.74, 6) is -0.0113. The predicted molar refractivity (Wildman–Crippen MR) is 83.7 cm³/mol. The summed E-state index contributed by atoms with van der Waals surface area (Å²) in [6, 6.07) is 0. The molecule has 0 spiro atoms. The molecule has 0 saturated carbocycles. The van der Waals surface area contributed by atoms with Gasteiger partial charge in [-0.3, -0.25) is 9.48 Å². The Morgan fingerprint density at radius 3 is 2.57 bits per heavy atom. The molecule has 0 aliphatic rings. The lowest BCUT2D eigenvalue weighted by atomic mass is 9.85. The van der Waals surface area contributed by atoms with Gasteiger partial charge in [-0.15, -0.1) is 0 Å². The smallest absolute Gasteiger partial charge is 0.225 e. The second kappa shape index (κ2) is 7.07. The van der Waals surface area contributed by atoms with Crippen molar-refractivity contribution in [1.29, 1.82) is 0 Å². The molecule has 21 heavy (non-hydrogen) atoms. The van der Waals surface area contributed by atoms with Crippen LogP contribution in [0.4, 0.5) is 0 Å². The quantitative estimate of drug-likeness (QED) is 0.723. The number of rotatable bonds is 8. The van der Waals surface area contributed by atoms with Gasteiger partial charge in [0.1, 0.15) is 5.60 Å². The fourth-order valence-electron chi connectivity index (χ4n) is 2.22. The fraction of sp³-hybridized carbons (Fsp3) is 0.750. The number of amides is 1. The Labute approximate surface area is 127 Å². The number of unbranched alkanes of at least 4 members (excludes halogenated alkanes) is 2. The molecule has 5 heteroatoms. The zero-order chi connectivity index (χ0) is 16.1. The van der Waals surface area contributed by atoms with E-state index in [1.807, 2.05) is 13.8 Å². The van der Waals surface area contributed by atoms with Crippen LogP contribution in [0.5, 0.6) is 0 Å². The number of hydrogen-bond donors (Lipinski definition) is 2. The van der Waals surface area contributed by atoms with E-state index >= 15 is 0 Å². The zero-order valence-corrected chi connectivity index (χ0v) is 13.9. The Hall–Kier alpha value is -1.36. The SMILES string of the molecule is CCCCCC(C)(C)C(=O)NC[C@](C)(O)c1cnn(C)c1. The van der Waals surface area contributed by atoms with Crippen LogP contribution < -0.4 is 5.32 Å². The van der Waals surface area contributed by atoms with Gasteiger partial charge in [0.2, 0.25) is 5.91 Å². The number of hydrogen-bond acceptors (Lipinski definition) is 3. The van der Waals surface area contributed by atoms with Crippen LogP contribution in [0.2, 0.25) is 0 Å². The number of aromatic nitrogens is 2. The summed E-state index contributed by atoms with van der Waals surface area (Å²) in [6.07, 6.45) is 7.59. The molecule has 2 N–H and O–H groups in total. The minimum Gasteiger partial charge on any atom is -0.383 e. The number of nitrogens with one attached hydrogen (secondary N) is 1. The molecule has 0 radical (unpaired) electrons. The van der Waals surface area contributed by atoms with E-state index in [4.69, 9.17) is 0 Å². The molecule has 1 aromatic rings. The van der Waals surface area contributed by atoms with E-state index in [2.05, 4.69) is 17.3 Å². The molecule has 1 amide bonds. The highest BCUT2D eigenvalue weighted by atomic mass is 16.3. The lowest BCUT2D eigenvalue weighted by molar-refractivity contribution is -0.131. The van der Waals surface area contributed by atoms with Crippen molar-refractivity contribution < 1.29 is 9.90 Å². The van der Waals surface area contributed by atoms with Crippen molar-refractivity contribution in [3.63, 3.8) is 0 Å². The monoisotopic (exact) mass is 295 g/mol. The normalized spacial score (nSPS) is 14.8. The molecule has 0 fully saturated rings. The molecular weight excluding hydrogens is 266 g/mol. The summed E-state index contributed by atoms with van der Waals surface area (Å²) >= 11 is 0. The molecule has 1 aromatic heterocycles. The Balaban J connectivity index is 2.55. The van der Waals surface area contributed by atoms with Gasteiger partial charge in [0.25, 0.3) is 0 Å². The molecule has 1 atom stereocenters. The van der Waals surface area contributed by atoms with Gasteiger partial charge in [0.05, 0.1) is 12.7 Å². The van der Waals surface area contributed by atoms with E-state index in [9.17, 15) is 9.90 Å². The highest BCUT2D eigenvalue weighted by Crippen LogP contribution is 2.25. The Bertz CT molecular complexity index is 464. The van der Waals surface area contributed by atoms with Crippen molar-refractivity contribution >= 4 is 5.91 Å². The van der Waals surface area contributed by atoms with Crippen LogP contribution in [0, 0.1) is 5.41 Å². The first-order valence-electron chi connectivity index (χ1n) is 7.69. The lowest BCUT2D eigenvalue weighted by Crippen LogP contribution is -2.44. The van der Waals surface area contributed by atoms with Crippen LogP contribution in [-0.4, -0.2) is 27.3 Å². The van der Waals surface area contributed by atoms with E-state index in [0.29, 0.717) is 5.56 Å². The molecule has 0 saturated heterocycles. The molecule has 0 aliphatic carbocycles. The molecule has 0 unspecified atom stereocenters. The number of carbonyl (C=O) groups excluding carboxylic acids is 1. The molecule has 5 nitrogen and oxygen atoms in total. The van der Waals surface area contributed by atoms with Gasteiger partial charge in [-0.05, 0) is 13.3 Å². The minimum absolute atomic E-state index is 0.0113. The van der Waals surface area contributed by atoms with Crippen molar-refractivity contribution in [2.24, 2.45) is 12.5 Å². The zero-order valence-electron chi connectivity index (χ0n) is 13.9. The summed E-state index contributed by atoms with van der Waals surface area (Å²) in [5, 5.41) is 17.4. The maximum atomic E-state index is 12.3. The van der Waals surface area contributed by atoms with Crippen LogP contribution in [0.15, 0.2) is 12.4 Å².